The predicted octanol–water partition coefficient (Wildman–Crippen LogP) is 1.59. The molecule has 0 aromatic carbocycles. The molecular weight excluding hydrogens is 320 g/mol. The van der Waals surface area contributed by atoms with Crippen molar-refractivity contribution in [3.05, 3.63) is 35.2 Å². The minimum Gasteiger partial charge on any atom is -0.395 e. The lowest BCUT2D eigenvalue weighted by Crippen LogP contribution is -2.30. The number of halogens is 1. The van der Waals surface area contributed by atoms with E-state index in [1.165, 1.54) is 6.20 Å². The molecule has 0 bridgehead atoms. The van der Waals surface area contributed by atoms with Gasteiger partial charge in [0, 0.05) is 30.1 Å². The van der Waals surface area contributed by atoms with E-state index in [1.54, 1.807) is 32.2 Å². The summed E-state index contributed by atoms with van der Waals surface area (Å²) < 4.78 is 0. The van der Waals surface area contributed by atoms with Gasteiger partial charge >= 0.3 is 0 Å². The van der Waals surface area contributed by atoms with Crippen molar-refractivity contribution in [2.24, 2.45) is 0 Å². The second kappa shape index (κ2) is 6.99. The molecule has 5 N–H and O–H groups in total. The number of aliphatic hydroxyl groups is 2. The van der Waals surface area contributed by atoms with E-state index in [-0.39, 0.29) is 19.1 Å². The van der Waals surface area contributed by atoms with Crippen molar-refractivity contribution in [1.29, 1.82) is 0 Å². The number of hydrogen-bond donors (Lipinski definition) is 5. The van der Waals surface area contributed by atoms with Gasteiger partial charge in [-0.1, -0.05) is 11.6 Å². The Balaban J connectivity index is 2.26. The van der Waals surface area contributed by atoms with Crippen molar-refractivity contribution in [3.8, 4) is 11.1 Å². The van der Waals surface area contributed by atoms with Crippen LogP contribution in [-0.2, 0) is 0 Å². The minimum absolute atomic E-state index is 0.124. The molecule has 0 saturated heterocycles. The molecule has 2 aromatic heterocycles. The number of rotatable bonds is 6. The maximum Gasteiger partial charge on any atom is 0.267 e. The van der Waals surface area contributed by atoms with E-state index < -0.39 is 5.72 Å². The number of hydrogen-bond acceptors (Lipinski definition) is 5. The SMILES string of the molecule is CC(C)(O)Nc1cc(-c2c[nH]c(C(=O)NCCO)c2)c(Cl)cn1. The van der Waals surface area contributed by atoms with Gasteiger partial charge in [0.05, 0.1) is 11.6 Å². The average Bonchev–Trinajstić information content (AvgIpc) is 2.95. The minimum atomic E-state index is -1.12. The Kier molecular flexibility index (Phi) is 5.25. The third-order valence-corrected chi connectivity index (χ3v) is 3.23. The molecule has 0 aliphatic heterocycles. The normalized spacial score (nSPS) is 11.3. The van der Waals surface area contributed by atoms with Crippen LogP contribution in [-0.4, -0.2) is 45.0 Å². The molecule has 2 aromatic rings. The van der Waals surface area contributed by atoms with Crippen LogP contribution in [0.4, 0.5) is 5.82 Å². The molecular formula is C15H19ClN4O3. The molecule has 0 fully saturated rings. The summed E-state index contributed by atoms with van der Waals surface area (Å²) in [5.41, 5.74) is 0.625. The highest BCUT2D eigenvalue weighted by atomic mass is 35.5. The molecule has 0 saturated carbocycles. The number of pyridine rings is 1. The Morgan fingerprint density at radius 2 is 2.17 bits per heavy atom. The maximum absolute atomic E-state index is 11.8. The van der Waals surface area contributed by atoms with Gasteiger partial charge in [0.15, 0.2) is 0 Å². The summed E-state index contributed by atoms with van der Waals surface area (Å²) in [6.07, 6.45) is 3.13. The number of carbonyl (C=O) groups is 1. The maximum atomic E-state index is 11.8. The summed E-state index contributed by atoms with van der Waals surface area (Å²) in [6.45, 7) is 3.26. The summed E-state index contributed by atoms with van der Waals surface area (Å²) in [5, 5.41) is 24.4. The molecule has 2 heterocycles. The Bertz CT molecular complexity index is 694. The van der Waals surface area contributed by atoms with Crippen LogP contribution in [0.3, 0.4) is 0 Å². The van der Waals surface area contributed by atoms with Crippen LogP contribution in [0.25, 0.3) is 11.1 Å². The van der Waals surface area contributed by atoms with Gasteiger partial charge in [-0.05, 0) is 26.0 Å². The number of aromatic nitrogens is 2. The molecule has 0 spiro atoms. The fourth-order valence-corrected chi connectivity index (χ4v) is 2.20. The molecule has 0 atom stereocenters. The Morgan fingerprint density at radius 3 is 2.83 bits per heavy atom. The number of anilines is 1. The van der Waals surface area contributed by atoms with Gasteiger partial charge in [-0.15, -0.1) is 0 Å². The summed E-state index contributed by atoms with van der Waals surface area (Å²) in [6, 6.07) is 3.35. The van der Waals surface area contributed by atoms with Crippen LogP contribution < -0.4 is 10.6 Å². The van der Waals surface area contributed by atoms with Crippen LogP contribution in [0.5, 0.6) is 0 Å². The molecule has 0 unspecified atom stereocenters. The Morgan fingerprint density at radius 1 is 1.43 bits per heavy atom. The van der Waals surface area contributed by atoms with Gasteiger partial charge in [0.25, 0.3) is 5.91 Å². The Hall–Kier alpha value is -2.09. The van der Waals surface area contributed by atoms with Crippen molar-refractivity contribution < 1.29 is 15.0 Å². The van der Waals surface area contributed by atoms with Gasteiger partial charge in [0.1, 0.15) is 17.2 Å². The first-order chi connectivity index (χ1) is 10.8. The highest BCUT2D eigenvalue weighted by molar-refractivity contribution is 6.33. The zero-order valence-electron chi connectivity index (χ0n) is 12.9. The van der Waals surface area contributed by atoms with E-state index in [1.807, 2.05) is 0 Å². The zero-order valence-corrected chi connectivity index (χ0v) is 13.6. The lowest BCUT2D eigenvalue weighted by molar-refractivity contribution is 0.0940. The standard InChI is InChI=1S/C15H19ClN4O3/c1-15(2,23)20-13-6-10(11(16)8-19-13)9-5-12(18-7-9)14(22)17-3-4-21/h5-8,18,21,23H,3-4H2,1-2H3,(H,17,22)(H,19,20). The number of carbonyl (C=O) groups excluding carboxylic acids is 1. The van der Waals surface area contributed by atoms with E-state index in [9.17, 15) is 9.90 Å². The molecule has 1 amide bonds. The molecule has 0 aliphatic rings. The average molecular weight is 339 g/mol. The van der Waals surface area contributed by atoms with E-state index in [2.05, 4.69) is 20.6 Å². The van der Waals surface area contributed by atoms with Gasteiger partial charge in [-0.2, -0.15) is 0 Å². The van der Waals surface area contributed by atoms with Crippen molar-refractivity contribution in [1.82, 2.24) is 15.3 Å². The second-order valence-electron chi connectivity index (χ2n) is 5.51. The number of nitrogens with zero attached hydrogens (tertiary/aromatic N) is 1. The first kappa shape index (κ1) is 17.3. The number of aliphatic hydroxyl groups excluding tert-OH is 1. The monoisotopic (exact) mass is 338 g/mol. The van der Waals surface area contributed by atoms with E-state index in [0.717, 1.165) is 0 Å². The quantitative estimate of drug-likeness (QED) is 0.514. The van der Waals surface area contributed by atoms with E-state index in [4.69, 9.17) is 16.7 Å². The van der Waals surface area contributed by atoms with Crippen molar-refractivity contribution >= 4 is 23.3 Å². The molecule has 124 valence electrons. The van der Waals surface area contributed by atoms with Crippen LogP contribution in [0, 0.1) is 0 Å². The Labute approximate surface area is 138 Å². The summed E-state index contributed by atoms with van der Waals surface area (Å²) >= 11 is 6.17. The number of aromatic amines is 1. The van der Waals surface area contributed by atoms with Crippen molar-refractivity contribution in [2.45, 2.75) is 19.6 Å². The number of amides is 1. The fourth-order valence-electron chi connectivity index (χ4n) is 1.99. The predicted molar refractivity (Wildman–Crippen MR) is 88.4 cm³/mol. The first-order valence-corrected chi connectivity index (χ1v) is 7.42. The summed E-state index contributed by atoms with van der Waals surface area (Å²) in [5.74, 6) is 0.148. The molecule has 7 nitrogen and oxygen atoms in total. The zero-order chi connectivity index (χ0) is 17.0. The molecule has 0 radical (unpaired) electrons. The third kappa shape index (κ3) is 4.69. The number of H-pyrrole nitrogens is 1. The first-order valence-electron chi connectivity index (χ1n) is 7.04. The van der Waals surface area contributed by atoms with Crippen molar-refractivity contribution in [2.75, 3.05) is 18.5 Å². The third-order valence-electron chi connectivity index (χ3n) is 2.93. The summed E-state index contributed by atoms with van der Waals surface area (Å²) in [7, 11) is 0. The van der Waals surface area contributed by atoms with Crippen LogP contribution in [0.15, 0.2) is 24.5 Å². The van der Waals surface area contributed by atoms with Gasteiger partial charge in [0.2, 0.25) is 0 Å². The second-order valence-corrected chi connectivity index (χ2v) is 5.92. The van der Waals surface area contributed by atoms with E-state index >= 15 is 0 Å². The van der Waals surface area contributed by atoms with Crippen LogP contribution in [0.2, 0.25) is 5.02 Å². The fraction of sp³-hybridized carbons (Fsp3) is 0.333. The topological polar surface area (TPSA) is 110 Å². The highest BCUT2D eigenvalue weighted by Gasteiger charge is 2.15. The van der Waals surface area contributed by atoms with Crippen molar-refractivity contribution in [3.63, 3.8) is 0 Å². The highest BCUT2D eigenvalue weighted by Crippen LogP contribution is 2.30. The molecule has 8 heteroatoms. The lowest BCUT2D eigenvalue weighted by atomic mass is 10.1. The van der Waals surface area contributed by atoms with E-state index in [0.29, 0.717) is 27.7 Å². The van der Waals surface area contributed by atoms with Crippen LogP contribution >= 0.6 is 11.6 Å². The molecule has 0 aliphatic carbocycles. The molecule has 23 heavy (non-hydrogen) atoms. The number of nitrogens with one attached hydrogen (secondary N) is 3. The smallest absolute Gasteiger partial charge is 0.267 e. The van der Waals surface area contributed by atoms with Gasteiger partial charge in [-0.25, -0.2) is 4.98 Å². The van der Waals surface area contributed by atoms with Gasteiger partial charge < -0.3 is 25.8 Å². The largest absolute Gasteiger partial charge is 0.395 e. The van der Waals surface area contributed by atoms with Gasteiger partial charge in [-0.3, -0.25) is 4.79 Å². The lowest BCUT2D eigenvalue weighted by Gasteiger charge is -2.20. The van der Waals surface area contributed by atoms with Crippen LogP contribution in [0.1, 0.15) is 24.3 Å². The summed E-state index contributed by atoms with van der Waals surface area (Å²) in [4.78, 5) is 18.8. The molecule has 2 rings (SSSR count).